The van der Waals surface area contributed by atoms with Crippen LogP contribution in [0.2, 0.25) is 0 Å². The summed E-state index contributed by atoms with van der Waals surface area (Å²) in [6.07, 6.45) is 0. The van der Waals surface area contributed by atoms with Crippen LogP contribution in [0.15, 0.2) is 23.1 Å². The molecule has 0 spiro atoms. The third-order valence-electron chi connectivity index (χ3n) is 1.97. The highest BCUT2D eigenvalue weighted by molar-refractivity contribution is 8.13. The van der Waals surface area contributed by atoms with Crippen LogP contribution >= 0.6 is 10.7 Å². The Kier molecular flexibility index (Phi) is 4.56. The first kappa shape index (κ1) is 15.2. The van der Waals surface area contributed by atoms with Gasteiger partial charge in [0, 0.05) is 17.2 Å². The fourth-order valence-electron chi connectivity index (χ4n) is 1.21. The Morgan fingerprint density at radius 2 is 1.94 bits per heavy atom. The maximum Gasteiger partial charge on any atom is 0.274 e. The molecule has 0 saturated heterocycles. The summed E-state index contributed by atoms with van der Waals surface area (Å²) >= 11 is 0. The summed E-state index contributed by atoms with van der Waals surface area (Å²) < 4.78 is 50.9. The number of methoxy groups -OCH3 is 1. The molecule has 102 valence electrons. The van der Waals surface area contributed by atoms with Gasteiger partial charge in [-0.1, -0.05) is 6.07 Å². The van der Waals surface area contributed by atoms with Crippen molar-refractivity contribution in [3.63, 3.8) is 0 Å². The predicted octanol–water partition coefficient (Wildman–Crippen LogP) is -0.0842. The number of halogens is 1. The lowest BCUT2D eigenvalue weighted by molar-refractivity contribution is 0.403. The molecule has 0 bridgehead atoms. The molecule has 1 rings (SSSR count). The van der Waals surface area contributed by atoms with Crippen molar-refractivity contribution in [2.24, 2.45) is 5.14 Å². The third-order valence-corrected chi connectivity index (χ3v) is 3.86. The number of nitrogens with one attached hydrogen (secondary N) is 1. The van der Waals surface area contributed by atoms with Gasteiger partial charge in [0.1, 0.15) is 10.6 Å². The summed E-state index contributed by atoms with van der Waals surface area (Å²) in [6.45, 7) is -0.151. The quantitative estimate of drug-likeness (QED) is 0.737. The van der Waals surface area contributed by atoms with Gasteiger partial charge in [-0.05, 0) is 17.7 Å². The van der Waals surface area contributed by atoms with Crippen LogP contribution < -0.4 is 14.6 Å². The predicted molar refractivity (Wildman–Crippen MR) is 66.0 cm³/mol. The van der Waals surface area contributed by atoms with Crippen LogP contribution in [0.25, 0.3) is 0 Å². The molecule has 1 aromatic rings. The largest absolute Gasteiger partial charge is 0.495 e. The zero-order chi connectivity index (χ0) is 14.0. The van der Waals surface area contributed by atoms with Gasteiger partial charge in [0.15, 0.2) is 0 Å². The van der Waals surface area contributed by atoms with Gasteiger partial charge in [-0.25, -0.2) is 13.6 Å². The highest BCUT2D eigenvalue weighted by Crippen LogP contribution is 2.27. The molecule has 0 atom stereocenters. The maximum atomic E-state index is 11.3. The Morgan fingerprint density at radius 1 is 1.33 bits per heavy atom. The van der Waals surface area contributed by atoms with Crippen LogP contribution in [0.1, 0.15) is 5.56 Å². The Balaban J connectivity index is 3.12. The van der Waals surface area contributed by atoms with Crippen molar-refractivity contribution < 1.29 is 21.6 Å². The molecule has 10 heteroatoms. The maximum absolute atomic E-state index is 11.3. The van der Waals surface area contributed by atoms with Crippen LogP contribution in [0.3, 0.4) is 0 Å². The van der Waals surface area contributed by atoms with Gasteiger partial charge in [-0.2, -0.15) is 13.1 Å². The average molecular weight is 315 g/mol. The van der Waals surface area contributed by atoms with Gasteiger partial charge in [0.25, 0.3) is 19.3 Å². The molecule has 7 nitrogen and oxygen atoms in total. The molecule has 0 aliphatic heterocycles. The number of hydrogen-bond donors (Lipinski definition) is 2. The number of ether oxygens (including phenoxy) is 1. The van der Waals surface area contributed by atoms with Crippen LogP contribution in [0.4, 0.5) is 0 Å². The second-order valence-corrected chi connectivity index (χ2v) is 7.20. The van der Waals surface area contributed by atoms with E-state index in [2.05, 4.69) is 0 Å². The number of rotatable bonds is 5. The Bertz CT molecular complexity index is 641. The second kappa shape index (κ2) is 5.41. The minimum atomic E-state index is -3.98. The topological polar surface area (TPSA) is 116 Å². The molecule has 1 aromatic carbocycles. The van der Waals surface area contributed by atoms with Crippen LogP contribution in [0.5, 0.6) is 5.75 Å². The fraction of sp³-hybridized carbons (Fsp3) is 0.250. The molecule has 0 saturated carbocycles. The van der Waals surface area contributed by atoms with E-state index < -0.39 is 19.3 Å². The van der Waals surface area contributed by atoms with E-state index in [0.717, 1.165) is 0 Å². The first-order valence-corrected chi connectivity index (χ1v) is 8.38. The fourth-order valence-corrected chi connectivity index (χ4v) is 2.62. The summed E-state index contributed by atoms with van der Waals surface area (Å²) in [5.41, 5.74) is 0.379. The smallest absolute Gasteiger partial charge is 0.274 e. The van der Waals surface area contributed by atoms with Gasteiger partial charge in [-0.15, -0.1) is 0 Å². The highest BCUT2D eigenvalue weighted by atomic mass is 35.7. The van der Waals surface area contributed by atoms with Gasteiger partial charge < -0.3 is 4.74 Å². The number of nitrogens with two attached hydrogens (primary N) is 1. The van der Waals surface area contributed by atoms with Crippen molar-refractivity contribution in [2.75, 3.05) is 7.11 Å². The monoisotopic (exact) mass is 314 g/mol. The summed E-state index contributed by atoms with van der Waals surface area (Å²) in [5.74, 6) is 0.0735. The van der Waals surface area contributed by atoms with E-state index in [9.17, 15) is 16.8 Å². The van der Waals surface area contributed by atoms with Crippen molar-refractivity contribution in [1.82, 2.24) is 4.72 Å². The minimum Gasteiger partial charge on any atom is -0.495 e. The van der Waals surface area contributed by atoms with Crippen molar-refractivity contribution in [2.45, 2.75) is 11.4 Å². The second-order valence-electron chi connectivity index (χ2n) is 3.29. The molecule has 0 unspecified atom stereocenters. The van der Waals surface area contributed by atoms with Crippen LogP contribution in [-0.4, -0.2) is 23.9 Å². The van der Waals surface area contributed by atoms with E-state index in [0.29, 0.717) is 5.56 Å². The highest BCUT2D eigenvalue weighted by Gasteiger charge is 2.17. The van der Waals surface area contributed by atoms with E-state index in [1.54, 1.807) is 0 Å². The van der Waals surface area contributed by atoms with Crippen LogP contribution in [-0.2, 0) is 25.8 Å². The first-order chi connectivity index (χ1) is 8.13. The molecule has 0 fully saturated rings. The molecule has 0 aromatic heterocycles. The molecule has 3 N–H and O–H groups in total. The summed E-state index contributed by atoms with van der Waals surface area (Å²) in [5, 5.41) is 4.76. The van der Waals surface area contributed by atoms with E-state index in [-0.39, 0.29) is 17.2 Å². The van der Waals surface area contributed by atoms with Gasteiger partial charge in [0.2, 0.25) is 0 Å². The molecule has 0 amide bonds. The van der Waals surface area contributed by atoms with Crippen molar-refractivity contribution in [3.05, 3.63) is 23.8 Å². The van der Waals surface area contributed by atoms with Gasteiger partial charge in [-0.3, -0.25) is 0 Å². The van der Waals surface area contributed by atoms with E-state index >= 15 is 0 Å². The van der Waals surface area contributed by atoms with Crippen molar-refractivity contribution in [1.29, 1.82) is 0 Å². The number of hydrogen-bond acceptors (Lipinski definition) is 5. The standard InChI is InChI=1S/C8H11ClN2O5S2/c1-16-7-3-2-6(5-11-18(10,14)15)4-8(7)17(9,12)13/h2-4,11H,5H2,1H3,(H2,10,14,15). The Hall–Kier alpha value is -0.870. The summed E-state index contributed by atoms with van der Waals surface area (Å²) in [7, 11) is -1.30. The Labute approximate surface area is 109 Å². The molecule has 0 radical (unpaired) electrons. The van der Waals surface area contributed by atoms with Gasteiger partial charge in [0.05, 0.1) is 7.11 Å². The van der Waals surface area contributed by atoms with E-state index in [4.69, 9.17) is 20.6 Å². The molecular formula is C8H11ClN2O5S2. The summed E-state index contributed by atoms with van der Waals surface area (Å²) in [6, 6.07) is 4.07. The van der Waals surface area contributed by atoms with Crippen molar-refractivity contribution >= 4 is 29.9 Å². The minimum absolute atomic E-state index is 0.0735. The van der Waals surface area contributed by atoms with E-state index in [1.807, 2.05) is 4.72 Å². The van der Waals surface area contributed by atoms with Crippen LogP contribution in [0, 0.1) is 0 Å². The lowest BCUT2D eigenvalue weighted by Gasteiger charge is -2.08. The molecule has 18 heavy (non-hydrogen) atoms. The average Bonchev–Trinajstić information content (AvgIpc) is 2.24. The lowest BCUT2D eigenvalue weighted by Crippen LogP contribution is -2.30. The molecule has 0 heterocycles. The molecular weight excluding hydrogens is 304 g/mol. The normalized spacial score (nSPS) is 12.4. The van der Waals surface area contributed by atoms with Gasteiger partial charge >= 0.3 is 0 Å². The zero-order valence-corrected chi connectivity index (χ0v) is 11.6. The third kappa shape index (κ3) is 4.42. The van der Waals surface area contributed by atoms with E-state index in [1.165, 1.54) is 25.3 Å². The SMILES string of the molecule is COc1ccc(CNS(N)(=O)=O)cc1S(=O)(=O)Cl. The lowest BCUT2D eigenvalue weighted by atomic mass is 10.2. The van der Waals surface area contributed by atoms with Crippen molar-refractivity contribution in [3.8, 4) is 5.75 Å². The Morgan fingerprint density at radius 3 is 2.39 bits per heavy atom. The first-order valence-electron chi connectivity index (χ1n) is 4.52. The molecule has 0 aliphatic carbocycles. The molecule has 0 aliphatic rings. The zero-order valence-electron chi connectivity index (χ0n) is 9.25. The summed E-state index contributed by atoms with van der Waals surface area (Å²) in [4.78, 5) is -0.236. The number of benzene rings is 1.